The lowest BCUT2D eigenvalue weighted by Gasteiger charge is -2.14. The van der Waals surface area contributed by atoms with Crippen molar-refractivity contribution in [2.45, 2.75) is 104 Å². The van der Waals surface area contributed by atoms with Crippen molar-refractivity contribution in [3.8, 4) is 46.6 Å². The third-order valence-electron chi connectivity index (χ3n) is 9.72. The summed E-state index contributed by atoms with van der Waals surface area (Å²) in [7, 11) is 0. The summed E-state index contributed by atoms with van der Waals surface area (Å²) >= 11 is 0. The maximum absolute atomic E-state index is 9.72. The van der Waals surface area contributed by atoms with Crippen LogP contribution in [-0.4, -0.2) is 13.2 Å². The fraction of sp³-hybridized carbons (Fsp3) is 0.360. The van der Waals surface area contributed by atoms with E-state index >= 15 is 0 Å². The summed E-state index contributed by atoms with van der Waals surface area (Å²) < 4.78 is 24.1. The van der Waals surface area contributed by atoms with Gasteiger partial charge in [0, 0.05) is 12.1 Å². The van der Waals surface area contributed by atoms with E-state index < -0.39 is 0 Å². The van der Waals surface area contributed by atoms with Crippen LogP contribution >= 0.6 is 0 Å². The average molecular weight is 805 g/mol. The van der Waals surface area contributed by atoms with Gasteiger partial charge in [-0.2, -0.15) is 31.0 Å². The Labute approximate surface area is 355 Å². The highest BCUT2D eigenvalue weighted by Crippen LogP contribution is 2.38. The predicted molar refractivity (Wildman–Crippen MR) is 237 cm³/mol. The van der Waals surface area contributed by atoms with Crippen LogP contribution in [0.2, 0.25) is 0 Å². The van der Waals surface area contributed by atoms with Gasteiger partial charge in [-0.3, -0.25) is 0 Å². The van der Waals surface area contributed by atoms with Crippen LogP contribution in [0.3, 0.4) is 0 Å². The van der Waals surface area contributed by atoms with E-state index in [1.807, 2.05) is 48.5 Å². The molecule has 0 fully saturated rings. The molecule has 10 heteroatoms. The molecule has 0 N–H and O–H groups in total. The first kappa shape index (κ1) is 44.6. The summed E-state index contributed by atoms with van der Waals surface area (Å²) in [6.45, 7) is 5.90. The highest BCUT2D eigenvalue weighted by atomic mass is 16.5. The molecule has 0 aliphatic rings. The summed E-state index contributed by atoms with van der Waals surface area (Å²) in [5, 5.41) is 36.9. The van der Waals surface area contributed by atoms with E-state index in [2.05, 4.69) is 46.4 Å². The summed E-state index contributed by atoms with van der Waals surface area (Å²) in [4.78, 5) is 0. The van der Waals surface area contributed by atoms with Crippen LogP contribution in [0, 0.1) is 22.7 Å². The quantitative estimate of drug-likeness (QED) is 0.0403. The molecule has 5 rings (SSSR count). The Morgan fingerprint density at radius 3 is 0.967 bits per heavy atom. The zero-order valence-corrected chi connectivity index (χ0v) is 35.0. The van der Waals surface area contributed by atoms with E-state index in [0.717, 1.165) is 24.3 Å². The maximum Gasteiger partial charge on any atom is 0.171 e. The standard InChI is InChI=1S/C50H56N6O4/c1-3-5-7-9-11-13-15-33-57-45-25-17-41(18-26-45)53-55-43-21-29-47(30-22-43)59-49-35-39(37-51)40(38-52)36-50(49)60-48-31-23-44(24-32-48)56-54-42-19-27-46(28-20-42)58-34-16-14-12-10-8-6-4-2/h17-32,35-36H,3-16,33-34H2,1-2H3. The third-order valence-corrected chi connectivity index (χ3v) is 9.72. The van der Waals surface area contributed by atoms with Gasteiger partial charge < -0.3 is 18.9 Å². The number of nitrogens with zero attached hydrogens (tertiary/aromatic N) is 6. The number of unbranched alkanes of at least 4 members (excludes halogenated alkanes) is 12. The molecule has 0 spiro atoms. The van der Waals surface area contributed by atoms with Gasteiger partial charge >= 0.3 is 0 Å². The van der Waals surface area contributed by atoms with Crippen molar-refractivity contribution in [1.29, 1.82) is 10.5 Å². The van der Waals surface area contributed by atoms with E-state index in [1.165, 1.54) is 89.2 Å². The van der Waals surface area contributed by atoms with Crippen LogP contribution in [0.5, 0.6) is 34.5 Å². The molecule has 0 bridgehead atoms. The smallest absolute Gasteiger partial charge is 0.171 e. The number of benzene rings is 5. The molecular formula is C50H56N6O4. The van der Waals surface area contributed by atoms with Crippen molar-refractivity contribution in [2.75, 3.05) is 13.2 Å². The van der Waals surface area contributed by atoms with Crippen LogP contribution in [0.15, 0.2) is 130 Å². The molecule has 60 heavy (non-hydrogen) atoms. The highest BCUT2D eigenvalue weighted by molar-refractivity contribution is 5.58. The first-order valence-corrected chi connectivity index (χ1v) is 21.4. The molecule has 0 heterocycles. The molecule has 0 aliphatic carbocycles. The average Bonchev–Trinajstić information content (AvgIpc) is 3.29. The zero-order valence-electron chi connectivity index (χ0n) is 35.0. The van der Waals surface area contributed by atoms with Crippen LogP contribution in [-0.2, 0) is 0 Å². The molecule has 5 aromatic rings. The molecule has 10 nitrogen and oxygen atoms in total. The largest absolute Gasteiger partial charge is 0.494 e. The molecule has 0 saturated carbocycles. The molecular weight excluding hydrogens is 749 g/mol. The van der Waals surface area contributed by atoms with Gasteiger partial charge in [-0.1, -0.05) is 90.9 Å². The number of rotatable bonds is 26. The van der Waals surface area contributed by atoms with E-state index in [4.69, 9.17) is 18.9 Å². The first-order chi connectivity index (χ1) is 29.6. The SMILES string of the molecule is CCCCCCCCCOc1ccc(N=Nc2ccc(Oc3cc(C#N)c(C#N)cc3Oc3ccc(N=Nc4ccc(OCCCCCCCCC)cc4)cc3)cc2)cc1. The lowest BCUT2D eigenvalue weighted by atomic mass is 10.1. The van der Waals surface area contributed by atoms with Crippen molar-refractivity contribution in [3.05, 3.63) is 120 Å². The molecule has 0 aromatic heterocycles. The molecule has 310 valence electrons. The Morgan fingerprint density at radius 2 is 0.667 bits per heavy atom. The Bertz CT molecular complexity index is 2000. The second-order valence-electron chi connectivity index (χ2n) is 14.6. The van der Waals surface area contributed by atoms with E-state index in [-0.39, 0.29) is 22.6 Å². The van der Waals surface area contributed by atoms with Gasteiger partial charge in [0.15, 0.2) is 11.5 Å². The summed E-state index contributed by atoms with van der Waals surface area (Å²) in [6, 6.07) is 36.4. The molecule has 5 aromatic carbocycles. The zero-order chi connectivity index (χ0) is 42.0. The van der Waals surface area contributed by atoms with Crippen LogP contribution in [0.4, 0.5) is 22.7 Å². The Hall–Kier alpha value is -6.52. The third kappa shape index (κ3) is 15.7. The van der Waals surface area contributed by atoms with Crippen molar-refractivity contribution < 1.29 is 18.9 Å². The monoisotopic (exact) mass is 804 g/mol. The molecule has 0 radical (unpaired) electrons. The molecule has 0 saturated heterocycles. The van der Waals surface area contributed by atoms with Crippen molar-refractivity contribution >= 4 is 22.7 Å². The Kier molecular flexibility index (Phi) is 19.1. The van der Waals surface area contributed by atoms with E-state index in [1.54, 1.807) is 48.5 Å². The van der Waals surface area contributed by atoms with E-state index in [9.17, 15) is 10.5 Å². The van der Waals surface area contributed by atoms with Crippen molar-refractivity contribution in [2.24, 2.45) is 20.5 Å². The normalized spacial score (nSPS) is 11.1. The van der Waals surface area contributed by atoms with Crippen LogP contribution in [0.1, 0.15) is 115 Å². The second kappa shape index (κ2) is 25.8. The Balaban J connectivity index is 1.12. The maximum atomic E-state index is 9.72. The number of nitriles is 2. The minimum atomic E-state index is 0.169. The Morgan fingerprint density at radius 1 is 0.383 bits per heavy atom. The first-order valence-electron chi connectivity index (χ1n) is 21.4. The molecule has 0 aliphatic heterocycles. The topological polar surface area (TPSA) is 134 Å². The number of ether oxygens (including phenoxy) is 4. The van der Waals surface area contributed by atoms with Gasteiger partial charge in [0.05, 0.1) is 47.1 Å². The fourth-order valence-electron chi connectivity index (χ4n) is 6.27. The fourth-order valence-corrected chi connectivity index (χ4v) is 6.27. The number of hydrogen-bond acceptors (Lipinski definition) is 10. The summed E-state index contributed by atoms with van der Waals surface area (Å²) in [6.07, 6.45) is 17.5. The minimum absolute atomic E-state index is 0.169. The predicted octanol–water partition coefficient (Wildman–Crippen LogP) is 16.1. The van der Waals surface area contributed by atoms with Gasteiger partial charge in [-0.25, -0.2) is 0 Å². The van der Waals surface area contributed by atoms with Gasteiger partial charge in [-0.05, 0) is 110 Å². The summed E-state index contributed by atoms with van der Waals surface area (Å²) in [5.74, 6) is 3.16. The van der Waals surface area contributed by atoms with Crippen molar-refractivity contribution in [1.82, 2.24) is 0 Å². The van der Waals surface area contributed by atoms with Crippen molar-refractivity contribution in [3.63, 3.8) is 0 Å². The molecule has 0 atom stereocenters. The second-order valence-corrected chi connectivity index (χ2v) is 14.6. The lowest BCUT2D eigenvalue weighted by molar-refractivity contribution is 0.304. The summed E-state index contributed by atoms with van der Waals surface area (Å²) in [5.41, 5.74) is 3.03. The number of hydrogen-bond donors (Lipinski definition) is 0. The molecule has 0 unspecified atom stereocenters. The van der Waals surface area contributed by atoms with Crippen LogP contribution in [0.25, 0.3) is 0 Å². The van der Waals surface area contributed by atoms with E-state index in [0.29, 0.717) is 47.5 Å². The van der Waals surface area contributed by atoms with Gasteiger partial charge in [0.25, 0.3) is 0 Å². The highest BCUT2D eigenvalue weighted by Gasteiger charge is 2.15. The van der Waals surface area contributed by atoms with Gasteiger partial charge in [0.2, 0.25) is 0 Å². The van der Waals surface area contributed by atoms with Gasteiger partial charge in [-0.15, -0.1) is 0 Å². The lowest BCUT2D eigenvalue weighted by Crippen LogP contribution is -1.96. The molecule has 0 amide bonds. The minimum Gasteiger partial charge on any atom is -0.494 e. The van der Waals surface area contributed by atoms with Crippen LogP contribution < -0.4 is 18.9 Å². The number of azo groups is 2. The van der Waals surface area contributed by atoms with Gasteiger partial charge in [0.1, 0.15) is 35.1 Å².